The van der Waals surface area contributed by atoms with Crippen molar-refractivity contribution in [1.82, 2.24) is 0 Å². The maximum absolute atomic E-state index is 10.5. The lowest BCUT2D eigenvalue weighted by atomic mass is 10.00. The Morgan fingerprint density at radius 1 is 0.750 bits per heavy atom. The molecule has 0 unspecified atom stereocenters. The van der Waals surface area contributed by atoms with Crippen molar-refractivity contribution in [3.8, 4) is 0 Å². The summed E-state index contributed by atoms with van der Waals surface area (Å²) in [4.78, 5) is 10.5. The average molecular weight is 577 g/mol. The third-order valence-corrected chi connectivity index (χ3v) is 5.42. The van der Waals surface area contributed by atoms with Gasteiger partial charge in [0.2, 0.25) is 0 Å². The standard InChI is InChI=1S/C15H28O4.C12H22O4.C4H10O/c1-5-7-15(16)13(3)10-14(6-2)11-19-12-18-9-8-17-4;1-4-12(7-11(2)8-13)9-16-10-15-6-5-14-3;1-3-5-4-2/h5,10,14-16H,1,6-9,11-12H2,2-4H3;7-8,12H,4-6,9-10H2,1-3H3;3-4H2,1-2H3/b13-10-;11-7-;/t14-,15+;12-;/m11./s1. The van der Waals surface area contributed by atoms with E-state index in [1.54, 1.807) is 27.2 Å². The molecule has 0 radical (unpaired) electrons. The number of carbonyl (C=O) groups is 1. The molecule has 0 aromatic carbocycles. The van der Waals surface area contributed by atoms with Gasteiger partial charge in [-0.1, -0.05) is 32.1 Å². The van der Waals surface area contributed by atoms with Gasteiger partial charge in [0, 0.05) is 39.3 Å². The number of methoxy groups -OCH3 is 2. The molecule has 0 spiro atoms. The summed E-state index contributed by atoms with van der Waals surface area (Å²) in [6.45, 7) is 21.2. The van der Waals surface area contributed by atoms with Crippen LogP contribution in [0, 0.1) is 11.8 Å². The Labute approximate surface area is 244 Å². The van der Waals surface area contributed by atoms with Crippen molar-refractivity contribution in [2.45, 2.75) is 66.9 Å². The van der Waals surface area contributed by atoms with Gasteiger partial charge in [-0.2, -0.15) is 0 Å². The maximum Gasteiger partial charge on any atom is 0.146 e. The molecule has 3 atom stereocenters. The number of allylic oxidation sites excluding steroid dienone is 1. The second-order valence-corrected chi connectivity index (χ2v) is 8.88. The Morgan fingerprint density at radius 3 is 1.57 bits per heavy atom. The normalized spacial score (nSPS) is 13.8. The SMILES string of the molecule is C=CC[C@H](O)/C(C)=C\[C@@H](CC)COCOCCOC.CCOCC.CC[C@H](/C=C(/C)C=O)COCOCCOC. The number of aliphatic hydroxyl groups is 1. The molecule has 0 aliphatic rings. The topological polar surface area (TPSA) is 102 Å². The van der Waals surface area contributed by atoms with E-state index in [2.05, 4.69) is 26.5 Å². The highest BCUT2D eigenvalue weighted by Gasteiger charge is 2.09. The molecule has 0 bridgehead atoms. The molecule has 0 saturated carbocycles. The van der Waals surface area contributed by atoms with Crippen molar-refractivity contribution in [2.75, 3.05) is 80.7 Å². The predicted molar refractivity (Wildman–Crippen MR) is 161 cm³/mol. The van der Waals surface area contributed by atoms with Gasteiger partial charge >= 0.3 is 0 Å². The number of hydrogen-bond donors (Lipinski definition) is 1. The van der Waals surface area contributed by atoms with Crippen molar-refractivity contribution in [3.05, 3.63) is 36.0 Å². The molecule has 238 valence electrons. The highest BCUT2D eigenvalue weighted by atomic mass is 16.7. The molecular weight excluding hydrogens is 516 g/mol. The van der Waals surface area contributed by atoms with E-state index in [9.17, 15) is 9.90 Å². The van der Waals surface area contributed by atoms with Crippen LogP contribution in [0.4, 0.5) is 0 Å². The summed E-state index contributed by atoms with van der Waals surface area (Å²) in [5.41, 5.74) is 1.71. The zero-order chi connectivity index (χ0) is 30.9. The highest BCUT2D eigenvalue weighted by Crippen LogP contribution is 2.13. The maximum atomic E-state index is 10.5. The van der Waals surface area contributed by atoms with Crippen LogP contribution >= 0.6 is 0 Å². The quantitative estimate of drug-likeness (QED) is 0.0534. The van der Waals surface area contributed by atoms with Crippen LogP contribution in [0.5, 0.6) is 0 Å². The van der Waals surface area contributed by atoms with Gasteiger partial charge in [0.1, 0.15) is 19.9 Å². The minimum atomic E-state index is -0.440. The van der Waals surface area contributed by atoms with Crippen LogP contribution in [-0.2, 0) is 38.0 Å². The predicted octanol–water partition coefficient (Wildman–Crippen LogP) is 5.37. The fraction of sp³-hybridized carbons (Fsp3) is 0.774. The molecule has 40 heavy (non-hydrogen) atoms. The molecule has 0 rings (SSSR count). The first-order valence-corrected chi connectivity index (χ1v) is 14.3. The molecule has 0 aliphatic heterocycles. The highest BCUT2D eigenvalue weighted by molar-refractivity contribution is 5.72. The summed E-state index contributed by atoms with van der Waals surface area (Å²) in [6, 6.07) is 0. The summed E-state index contributed by atoms with van der Waals surface area (Å²) >= 11 is 0. The third-order valence-electron chi connectivity index (χ3n) is 5.42. The summed E-state index contributed by atoms with van der Waals surface area (Å²) in [7, 11) is 3.27. The fourth-order valence-corrected chi connectivity index (χ4v) is 2.93. The van der Waals surface area contributed by atoms with Crippen LogP contribution in [0.2, 0.25) is 0 Å². The number of hydrogen-bond acceptors (Lipinski definition) is 9. The van der Waals surface area contributed by atoms with Gasteiger partial charge in [0.15, 0.2) is 0 Å². The van der Waals surface area contributed by atoms with Crippen LogP contribution in [0.1, 0.15) is 60.8 Å². The van der Waals surface area contributed by atoms with E-state index in [0.29, 0.717) is 52.0 Å². The summed E-state index contributed by atoms with van der Waals surface area (Å²) in [5.74, 6) is 0.571. The number of carbonyl (C=O) groups excluding carboxylic acids is 1. The zero-order valence-corrected chi connectivity index (χ0v) is 26.7. The minimum Gasteiger partial charge on any atom is -0.388 e. The van der Waals surface area contributed by atoms with Crippen LogP contribution < -0.4 is 0 Å². The Morgan fingerprint density at radius 2 is 1.23 bits per heavy atom. The molecule has 0 aromatic rings. The van der Waals surface area contributed by atoms with E-state index in [1.807, 2.05) is 26.8 Å². The van der Waals surface area contributed by atoms with Crippen molar-refractivity contribution >= 4 is 6.29 Å². The lowest BCUT2D eigenvalue weighted by Gasteiger charge is -2.15. The van der Waals surface area contributed by atoms with Crippen molar-refractivity contribution in [1.29, 1.82) is 0 Å². The number of aldehydes is 1. The zero-order valence-electron chi connectivity index (χ0n) is 26.7. The van der Waals surface area contributed by atoms with E-state index in [4.69, 9.17) is 33.2 Å². The first kappa shape index (κ1) is 43.0. The van der Waals surface area contributed by atoms with E-state index < -0.39 is 6.10 Å². The molecule has 9 nitrogen and oxygen atoms in total. The summed E-state index contributed by atoms with van der Waals surface area (Å²) < 4.78 is 35.7. The lowest BCUT2D eigenvalue weighted by Crippen LogP contribution is -2.13. The Balaban J connectivity index is -0.000000591. The van der Waals surface area contributed by atoms with Gasteiger partial charge in [-0.15, -0.1) is 6.58 Å². The van der Waals surface area contributed by atoms with E-state index in [0.717, 1.165) is 43.5 Å². The molecular formula is C31H60O9. The molecule has 0 saturated heterocycles. The Hall–Kier alpha value is -1.43. The minimum absolute atomic E-state index is 0.272. The molecule has 1 N–H and O–H groups in total. The van der Waals surface area contributed by atoms with Crippen LogP contribution in [0.25, 0.3) is 0 Å². The molecule has 0 amide bonds. The summed E-state index contributed by atoms with van der Waals surface area (Å²) in [6.07, 6.45) is 8.65. The van der Waals surface area contributed by atoms with Gasteiger partial charge in [-0.3, -0.25) is 4.79 Å². The van der Waals surface area contributed by atoms with Gasteiger partial charge in [0.05, 0.1) is 45.7 Å². The molecule has 0 aromatic heterocycles. The van der Waals surface area contributed by atoms with Crippen LogP contribution in [-0.4, -0.2) is 98.2 Å². The second-order valence-electron chi connectivity index (χ2n) is 8.88. The monoisotopic (exact) mass is 576 g/mol. The second kappa shape index (κ2) is 35.6. The third kappa shape index (κ3) is 32.8. The average Bonchev–Trinajstić information content (AvgIpc) is 2.96. The van der Waals surface area contributed by atoms with Crippen molar-refractivity contribution < 1.29 is 43.1 Å². The largest absolute Gasteiger partial charge is 0.388 e. The molecule has 9 heteroatoms. The first-order chi connectivity index (χ1) is 19.3. The van der Waals surface area contributed by atoms with Gasteiger partial charge < -0.3 is 38.3 Å². The van der Waals surface area contributed by atoms with Crippen molar-refractivity contribution in [3.63, 3.8) is 0 Å². The summed E-state index contributed by atoms with van der Waals surface area (Å²) in [5, 5.41) is 9.81. The molecule has 0 heterocycles. The van der Waals surface area contributed by atoms with Crippen LogP contribution in [0.3, 0.4) is 0 Å². The molecule has 0 aliphatic carbocycles. The van der Waals surface area contributed by atoms with Gasteiger partial charge in [0.25, 0.3) is 0 Å². The van der Waals surface area contributed by atoms with E-state index >= 15 is 0 Å². The van der Waals surface area contributed by atoms with Gasteiger partial charge in [-0.25, -0.2) is 0 Å². The Kier molecular flexibility index (Phi) is 38.3. The number of rotatable bonds is 24. The first-order valence-electron chi connectivity index (χ1n) is 14.3. The van der Waals surface area contributed by atoms with Crippen LogP contribution in [0.15, 0.2) is 36.0 Å². The molecule has 0 fully saturated rings. The van der Waals surface area contributed by atoms with E-state index in [-0.39, 0.29) is 19.5 Å². The number of ether oxygens (including phenoxy) is 7. The number of aliphatic hydroxyl groups excluding tert-OH is 1. The smallest absolute Gasteiger partial charge is 0.146 e. The Bertz CT molecular complexity index is 591. The van der Waals surface area contributed by atoms with E-state index in [1.165, 1.54) is 0 Å². The van der Waals surface area contributed by atoms with Gasteiger partial charge in [-0.05, 0) is 58.1 Å². The lowest BCUT2D eigenvalue weighted by molar-refractivity contribution is -0.104. The fourth-order valence-electron chi connectivity index (χ4n) is 2.93. The van der Waals surface area contributed by atoms with Crippen molar-refractivity contribution in [2.24, 2.45) is 11.8 Å².